The van der Waals surface area contributed by atoms with Gasteiger partial charge in [0.25, 0.3) is 0 Å². The lowest BCUT2D eigenvalue weighted by Gasteiger charge is -2.53. The van der Waals surface area contributed by atoms with Crippen LogP contribution in [0.4, 0.5) is 0 Å². The van der Waals surface area contributed by atoms with E-state index in [1.807, 2.05) is 0 Å². The Morgan fingerprint density at radius 2 is 1.84 bits per heavy atom. The summed E-state index contributed by atoms with van der Waals surface area (Å²) in [5.74, 6) is 2.99. The number of allylic oxidation sites excluding steroid dienone is 1. The molecule has 4 aliphatic heterocycles. The summed E-state index contributed by atoms with van der Waals surface area (Å²) in [4.78, 5) is 15.6. The van der Waals surface area contributed by atoms with Crippen molar-refractivity contribution < 1.29 is 34.3 Å². The maximum absolute atomic E-state index is 13.1. The topological polar surface area (TPSA) is 109 Å². The maximum atomic E-state index is 13.1. The molecule has 0 amide bonds. The molecule has 3 saturated carbocycles. The molecule has 8 heteroatoms. The van der Waals surface area contributed by atoms with Gasteiger partial charge in [-0.2, -0.15) is 0 Å². The smallest absolute Gasteiger partial charge is 0.345 e. The minimum absolute atomic E-state index is 0.00975. The van der Waals surface area contributed by atoms with Crippen LogP contribution in [-0.2, 0) is 25.4 Å². The molecule has 1 aromatic carbocycles. The summed E-state index contributed by atoms with van der Waals surface area (Å²) in [7, 11) is 1.47. The van der Waals surface area contributed by atoms with E-state index in [2.05, 4.69) is 54.3 Å². The number of ether oxygens (including phenoxy) is 3. The highest BCUT2D eigenvalue weighted by atomic mass is 16.6. The molecule has 10 atom stereocenters. The van der Waals surface area contributed by atoms with Crippen molar-refractivity contribution in [3.05, 3.63) is 82.2 Å². The monoisotopic (exact) mass is 781 g/mol. The van der Waals surface area contributed by atoms with Gasteiger partial charge in [-0.3, -0.25) is 4.90 Å². The summed E-state index contributed by atoms with van der Waals surface area (Å²) in [5.41, 5.74) is 3.24. The highest BCUT2D eigenvalue weighted by Gasteiger charge is 2.63. The highest BCUT2D eigenvalue weighted by molar-refractivity contribution is 5.94. The Kier molecular flexibility index (Phi) is 11.5. The molecule has 4 heterocycles. The Labute approximate surface area is 340 Å². The second-order valence-corrected chi connectivity index (χ2v) is 19.2. The molecule has 10 unspecified atom stereocenters. The molecule has 0 radical (unpaired) electrons. The number of aliphatic hydroxyl groups is 3. The summed E-state index contributed by atoms with van der Waals surface area (Å²) in [5, 5.41) is 34.5. The first kappa shape index (κ1) is 39.5. The van der Waals surface area contributed by atoms with Crippen molar-refractivity contribution in [1.29, 1.82) is 0 Å². The first-order valence-electron chi connectivity index (χ1n) is 22.9. The van der Waals surface area contributed by atoms with Gasteiger partial charge in [0, 0.05) is 30.5 Å². The molecule has 9 rings (SSSR count). The van der Waals surface area contributed by atoms with Crippen LogP contribution in [0.25, 0.3) is 0 Å². The molecular formula is C49H67NO7. The van der Waals surface area contributed by atoms with E-state index < -0.39 is 24.6 Å². The van der Waals surface area contributed by atoms with Crippen LogP contribution in [0.15, 0.2) is 71.1 Å². The lowest BCUT2D eigenvalue weighted by molar-refractivity contribution is -0.134. The fourth-order valence-electron chi connectivity index (χ4n) is 14.1. The van der Waals surface area contributed by atoms with E-state index in [1.165, 1.54) is 88.9 Å². The van der Waals surface area contributed by atoms with Crippen molar-refractivity contribution in [3.63, 3.8) is 0 Å². The van der Waals surface area contributed by atoms with E-state index in [9.17, 15) is 20.1 Å². The number of carbonyl (C=O) groups excluding carboxylic acids is 1. The number of rotatable bonds is 11. The predicted molar refractivity (Wildman–Crippen MR) is 219 cm³/mol. The number of fused-ring (bicyclic) bond motifs is 4. The third-order valence-corrected chi connectivity index (χ3v) is 16.5. The summed E-state index contributed by atoms with van der Waals surface area (Å²) in [6, 6.07) is 9.63. The van der Waals surface area contributed by atoms with Crippen LogP contribution in [0.5, 0.6) is 0 Å². The van der Waals surface area contributed by atoms with Gasteiger partial charge in [-0.25, -0.2) is 4.79 Å². The van der Waals surface area contributed by atoms with Crippen LogP contribution in [0.1, 0.15) is 127 Å². The number of carbonyl (C=O) groups is 1. The summed E-state index contributed by atoms with van der Waals surface area (Å²) < 4.78 is 18.1. The molecule has 0 bridgehead atoms. The van der Waals surface area contributed by atoms with Crippen molar-refractivity contribution >= 4 is 5.97 Å². The van der Waals surface area contributed by atoms with Crippen LogP contribution in [0.3, 0.4) is 0 Å². The minimum atomic E-state index is -0.646. The van der Waals surface area contributed by atoms with E-state index in [0.29, 0.717) is 29.4 Å². The van der Waals surface area contributed by atoms with Crippen LogP contribution in [-0.4, -0.2) is 71.2 Å². The fourth-order valence-corrected chi connectivity index (χ4v) is 14.1. The van der Waals surface area contributed by atoms with Crippen LogP contribution < -0.4 is 0 Å². The van der Waals surface area contributed by atoms with Gasteiger partial charge < -0.3 is 29.5 Å². The van der Waals surface area contributed by atoms with E-state index in [4.69, 9.17) is 14.2 Å². The number of aryl methyl sites for hydroxylation is 1. The fraction of sp³-hybridized carbons (Fsp3) is 0.694. The Hall–Kier alpha value is -2.91. The summed E-state index contributed by atoms with van der Waals surface area (Å²) >= 11 is 0. The first-order chi connectivity index (χ1) is 27.9. The Morgan fingerprint density at radius 1 is 1.02 bits per heavy atom. The van der Waals surface area contributed by atoms with Gasteiger partial charge in [-0.1, -0.05) is 94.7 Å². The van der Waals surface area contributed by atoms with E-state index in [1.54, 1.807) is 0 Å². The molecule has 8 nitrogen and oxygen atoms in total. The zero-order valence-corrected chi connectivity index (χ0v) is 34.5. The molecule has 0 aromatic heterocycles. The van der Waals surface area contributed by atoms with E-state index >= 15 is 0 Å². The van der Waals surface area contributed by atoms with Crippen LogP contribution in [0.2, 0.25) is 0 Å². The summed E-state index contributed by atoms with van der Waals surface area (Å²) in [6.07, 6.45) is 26.8. The van der Waals surface area contributed by atoms with Crippen LogP contribution >= 0.6 is 0 Å². The molecular weight excluding hydrogens is 715 g/mol. The summed E-state index contributed by atoms with van der Waals surface area (Å²) in [6.45, 7) is 2.42. The minimum Gasteiger partial charge on any atom is -0.492 e. The number of hydrogen-bond donors (Lipinski definition) is 3. The number of methoxy groups -OCH3 is 1. The van der Waals surface area contributed by atoms with Gasteiger partial charge in [0.2, 0.25) is 5.76 Å². The number of nitrogens with zero attached hydrogens (tertiary/aromatic N) is 1. The third-order valence-electron chi connectivity index (χ3n) is 16.5. The number of esters is 1. The molecule has 5 fully saturated rings. The number of piperidine rings is 1. The number of cyclic esters (lactones) is 1. The zero-order valence-electron chi connectivity index (χ0n) is 34.5. The molecule has 4 aliphatic carbocycles. The van der Waals surface area contributed by atoms with E-state index in [0.717, 1.165) is 56.7 Å². The molecule has 2 saturated heterocycles. The first-order valence-corrected chi connectivity index (χ1v) is 22.9. The lowest BCUT2D eigenvalue weighted by Crippen LogP contribution is -2.62. The Morgan fingerprint density at radius 3 is 2.60 bits per heavy atom. The van der Waals surface area contributed by atoms with Crippen molar-refractivity contribution in [2.24, 2.45) is 46.8 Å². The number of unbranched alkanes of at least 4 members (excludes halogenated alkanes) is 2. The van der Waals surface area contributed by atoms with Gasteiger partial charge in [0.15, 0.2) is 11.5 Å². The van der Waals surface area contributed by atoms with Gasteiger partial charge in [-0.05, 0) is 110 Å². The molecule has 310 valence electrons. The second-order valence-electron chi connectivity index (χ2n) is 19.2. The van der Waals surface area contributed by atoms with Gasteiger partial charge in [0.1, 0.15) is 11.3 Å². The molecule has 8 aliphatic rings. The van der Waals surface area contributed by atoms with Gasteiger partial charge in [-0.15, -0.1) is 0 Å². The second kappa shape index (κ2) is 16.6. The SMILES string of the molecule is CCCCCc1cccc(C2C3CC4C5C(=CCCN4C(C(O)C4C=CCC(C6CCCC6)C4)C3CC23CCCC3)OC(=C2OC(=O)C(CO)=C2OC)C5CO)c1. The van der Waals surface area contributed by atoms with Crippen molar-refractivity contribution in [2.75, 3.05) is 26.9 Å². The van der Waals surface area contributed by atoms with Crippen molar-refractivity contribution in [3.8, 4) is 0 Å². The number of aliphatic hydroxyl groups excluding tert-OH is 3. The third kappa shape index (κ3) is 6.96. The molecule has 1 spiro atoms. The lowest BCUT2D eigenvalue weighted by atomic mass is 9.65. The molecule has 57 heavy (non-hydrogen) atoms. The average molecular weight is 782 g/mol. The normalized spacial score (nSPS) is 36.8. The largest absolute Gasteiger partial charge is 0.492 e. The number of hydrogen-bond acceptors (Lipinski definition) is 8. The van der Waals surface area contributed by atoms with Crippen LogP contribution in [0, 0.1) is 46.8 Å². The van der Waals surface area contributed by atoms with E-state index in [-0.39, 0.29) is 53.0 Å². The predicted octanol–water partition coefficient (Wildman–Crippen LogP) is 8.48. The Bertz CT molecular complexity index is 1770. The van der Waals surface area contributed by atoms with Crippen molar-refractivity contribution in [1.82, 2.24) is 4.90 Å². The van der Waals surface area contributed by atoms with Gasteiger partial charge >= 0.3 is 5.97 Å². The Balaban J connectivity index is 1.13. The molecule has 1 aromatic rings. The molecule has 3 N–H and O–H groups in total. The zero-order chi connectivity index (χ0) is 39.3. The quantitative estimate of drug-likeness (QED) is 0.117. The van der Waals surface area contributed by atoms with Gasteiger partial charge in [0.05, 0.1) is 32.3 Å². The maximum Gasteiger partial charge on any atom is 0.345 e. The standard InChI is InChI=1S/C49H67NO7/c1-3-4-5-13-30-14-10-18-33(24-30)42-35-26-39-41-37(28-51)46(47-45(55-2)38(29-52)48(54)57-47)56-40(41)20-12-23-50(39)43(36(35)27-49(42)21-8-9-22-49)44(53)34-19-11-17-32(25-34)31-15-6-7-16-31/h10-11,14,18-20,24,31-32,34-37,39,41-44,51-53H,3-9,12-13,15-17,21-23,25-29H2,1-2H3. The number of benzene rings is 1. The highest BCUT2D eigenvalue weighted by Crippen LogP contribution is 2.67. The van der Waals surface area contributed by atoms with Crippen molar-refractivity contribution in [2.45, 2.75) is 140 Å². The average Bonchev–Trinajstić information content (AvgIpc) is 4.07.